The lowest BCUT2D eigenvalue weighted by molar-refractivity contribution is 0.416. The second-order valence-electron chi connectivity index (χ2n) is 4.88. The third kappa shape index (κ3) is 3.55. The Balaban J connectivity index is 2.22. The molecule has 0 bridgehead atoms. The van der Waals surface area contributed by atoms with Crippen LogP contribution in [-0.4, -0.2) is 18.1 Å². The van der Waals surface area contributed by atoms with Crippen LogP contribution >= 0.6 is 11.3 Å². The molecule has 2 rings (SSSR count). The quantitative estimate of drug-likeness (QED) is 0.905. The maximum atomic E-state index is 5.44. The minimum atomic E-state index is 0.471. The Bertz CT molecular complexity index is 549. The van der Waals surface area contributed by atoms with Gasteiger partial charge in [0.2, 0.25) is 0 Å². The first kappa shape index (κ1) is 14.0. The van der Waals surface area contributed by atoms with Gasteiger partial charge >= 0.3 is 0 Å². The molecule has 0 saturated heterocycles. The summed E-state index contributed by atoms with van der Waals surface area (Å²) >= 11 is 1.66. The van der Waals surface area contributed by atoms with E-state index in [4.69, 9.17) is 4.74 Å². The Kier molecular flexibility index (Phi) is 4.56. The number of ether oxygens (including phenoxy) is 1. The van der Waals surface area contributed by atoms with Gasteiger partial charge in [-0.25, -0.2) is 4.98 Å². The number of methoxy groups -OCH3 is 1. The predicted molar refractivity (Wildman–Crippen MR) is 80.8 cm³/mol. The van der Waals surface area contributed by atoms with E-state index in [0.29, 0.717) is 6.04 Å². The fourth-order valence-electron chi connectivity index (χ4n) is 1.80. The standard InChI is InChI=1S/C15H20N2OS/c1-10(2)16-8-12-9-19-15(17-12)13-6-5-11(3)7-14(13)18-4/h5-7,9-10,16H,8H2,1-4H3. The van der Waals surface area contributed by atoms with Crippen LogP contribution in [0.2, 0.25) is 0 Å². The SMILES string of the molecule is COc1cc(C)ccc1-c1nc(CNC(C)C)cs1. The van der Waals surface area contributed by atoms with E-state index in [1.54, 1.807) is 18.4 Å². The second-order valence-corrected chi connectivity index (χ2v) is 5.74. The zero-order valence-electron chi connectivity index (χ0n) is 11.9. The van der Waals surface area contributed by atoms with E-state index >= 15 is 0 Å². The van der Waals surface area contributed by atoms with Crippen molar-refractivity contribution in [3.05, 3.63) is 34.8 Å². The van der Waals surface area contributed by atoms with Crippen LogP contribution in [0.5, 0.6) is 5.75 Å². The van der Waals surface area contributed by atoms with Crippen molar-refractivity contribution in [1.82, 2.24) is 10.3 Å². The molecular weight excluding hydrogens is 256 g/mol. The summed E-state index contributed by atoms with van der Waals surface area (Å²) in [5.74, 6) is 0.887. The highest BCUT2D eigenvalue weighted by molar-refractivity contribution is 7.13. The minimum Gasteiger partial charge on any atom is -0.496 e. The first-order chi connectivity index (χ1) is 9.10. The summed E-state index contributed by atoms with van der Waals surface area (Å²) in [6, 6.07) is 6.68. The highest BCUT2D eigenvalue weighted by Gasteiger charge is 2.10. The lowest BCUT2D eigenvalue weighted by Crippen LogP contribution is -2.21. The molecule has 0 aliphatic heterocycles. The molecule has 0 amide bonds. The molecule has 3 nitrogen and oxygen atoms in total. The van der Waals surface area contributed by atoms with E-state index in [-0.39, 0.29) is 0 Å². The minimum absolute atomic E-state index is 0.471. The molecule has 2 aromatic rings. The molecule has 0 spiro atoms. The van der Waals surface area contributed by atoms with Gasteiger partial charge in [0.05, 0.1) is 18.4 Å². The van der Waals surface area contributed by atoms with Crippen LogP contribution in [0.25, 0.3) is 10.6 Å². The summed E-state index contributed by atoms with van der Waals surface area (Å²) in [4.78, 5) is 4.67. The molecule has 19 heavy (non-hydrogen) atoms. The Hall–Kier alpha value is -1.39. The second kappa shape index (κ2) is 6.17. The monoisotopic (exact) mass is 276 g/mol. The van der Waals surface area contributed by atoms with Gasteiger partial charge in [-0.1, -0.05) is 19.9 Å². The summed E-state index contributed by atoms with van der Waals surface area (Å²) in [5.41, 5.74) is 3.34. The number of aromatic nitrogens is 1. The molecule has 1 N–H and O–H groups in total. The summed E-state index contributed by atoms with van der Waals surface area (Å²) < 4.78 is 5.44. The van der Waals surface area contributed by atoms with Crippen molar-refractivity contribution in [2.75, 3.05) is 7.11 Å². The van der Waals surface area contributed by atoms with Gasteiger partial charge in [-0.3, -0.25) is 0 Å². The van der Waals surface area contributed by atoms with Crippen LogP contribution < -0.4 is 10.1 Å². The van der Waals surface area contributed by atoms with Gasteiger partial charge < -0.3 is 10.1 Å². The summed E-state index contributed by atoms with van der Waals surface area (Å²) in [6.45, 7) is 7.14. The third-order valence-electron chi connectivity index (χ3n) is 2.83. The lowest BCUT2D eigenvalue weighted by atomic mass is 10.1. The summed E-state index contributed by atoms with van der Waals surface area (Å²) in [7, 11) is 1.70. The Labute approximate surface area is 118 Å². The van der Waals surface area contributed by atoms with E-state index in [0.717, 1.165) is 28.6 Å². The van der Waals surface area contributed by atoms with Crippen molar-refractivity contribution in [2.45, 2.75) is 33.4 Å². The van der Waals surface area contributed by atoms with Gasteiger partial charge in [0.15, 0.2) is 0 Å². The zero-order chi connectivity index (χ0) is 13.8. The van der Waals surface area contributed by atoms with E-state index < -0.39 is 0 Å². The van der Waals surface area contributed by atoms with Gasteiger partial charge in [0, 0.05) is 18.0 Å². The predicted octanol–water partition coefficient (Wildman–Crippen LogP) is 3.63. The highest BCUT2D eigenvalue weighted by Crippen LogP contribution is 2.32. The number of thiazole rings is 1. The molecule has 102 valence electrons. The Morgan fingerprint density at radius 2 is 2.16 bits per heavy atom. The van der Waals surface area contributed by atoms with Gasteiger partial charge in [0.25, 0.3) is 0 Å². The molecule has 0 aliphatic carbocycles. The number of rotatable bonds is 5. The van der Waals surface area contributed by atoms with Crippen molar-refractivity contribution < 1.29 is 4.74 Å². The fourth-order valence-corrected chi connectivity index (χ4v) is 2.64. The number of hydrogen-bond acceptors (Lipinski definition) is 4. The lowest BCUT2D eigenvalue weighted by Gasteiger charge is -2.07. The molecule has 1 heterocycles. The number of hydrogen-bond donors (Lipinski definition) is 1. The molecule has 0 atom stereocenters. The fraction of sp³-hybridized carbons (Fsp3) is 0.400. The van der Waals surface area contributed by atoms with E-state index in [2.05, 4.69) is 48.6 Å². The molecule has 0 fully saturated rings. The van der Waals surface area contributed by atoms with Crippen LogP contribution in [-0.2, 0) is 6.54 Å². The smallest absolute Gasteiger partial charge is 0.129 e. The Morgan fingerprint density at radius 1 is 1.37 bits per heavy atom. The molecule has 4 heteroatoms. The van der Waals surface area contributed by atoms with Crippen molar-refractivity contribution in [2.24, 2.45) is 0 Å². The van der Waals surface area contributed by atoms with Crippen molar-refractivity contribution in [3.63, 3.8) is 0 Å². The molecule has 0 aliphatic rings. The summed E-state index contributed by atoms with van der Waals surface area (Å²) in [5, 5.41) is 6.49. The average molecular weight is 276 g/mol. The van der Waals surface area contributed by atoms with E-state index in [9.17, 15) is 0 Å². The van der Waals surface area contributed by atoms with Crippen molar-refractivity contribution in [1.29, 1.82) is 0 Å². The normalized spacial score (nSPS) is 11.0. The number of benzene rings is 1. The van der Waals surface area contributed by atoms with Gasteiger partial charge in [0.1, 0.15) is 10.8 Å². The summed E-state index contributed by atoms with van der Waals surface area (Å²) in [6.07, 6.45) is 0. The van der Waals surface area contributed by atoms with Crippen LogP contribution in [0.4, 0.5) is 0 Å². The first-order valence-electron chi connectivity index (χ1n) is 6.43. The highest BCUT2D eigenvalue weighted by atomic mass is 32.1. The molecule has 1 aromatic heterocycles. The average Bonchev–Trinajstić information content (AvgIpc) is 2.84. The molecular formula is C15H20N2OS. The largest absolute Gasteiger partial charge is 0.496 e. The van der Waals surface area contributed by atoms with E-state index in [1.165, 1.54) is 5.56 Å². The van der Waals surface area contributed by atoms with Crippen LogP contribution in [0.1, 0.15) is 25.1 Å². The zero-order valence-corrected chi connectivity index (χ0v) is 12.7. The number of nitrogens with zero attached hydrogens (tertiary/aromatic N) is 1. The van der Waals surface area contributed by atoms with Gasteiger partial charge in [-0.05, 0) is 24.6 Å². The first-order valence-corrected chi connectivity index (χ1v) is 7.31. The third-order valence-corrected chi connectivity index (χ3v) is 3.75. The van der Waals surface area contributed by atoms with Crippen LogP contribution in [0.15, 0.2) is 23.6 Å². The van der Waals surface area contributed by atoms with Crippen LogP contribution in [0, 0.1) is 6.92 Å². The molecule has 0 saturated carbocycles. The van der Waals surface area contributed by atoms with E-state index in [1.807, 2.05) is 6.07 Å². The van der Waals surface area contributed by atoms with Crippen molar-refractivity contribution >= 4 is 11.3 Å². The van der Waals surface area contributed by atoms with Gasteiger partial charge in [-0.15, -0.1) is 11.3 Å². The topological polar surface area (TPSA) is 34.1 Å². The molecule has 0 radical (unpaired) electrons. The van der Waals surface area contributed by atoms with Crippen LogP contribution in [0.3, 0.4) is 0 Å². The van der Waals surface area contributed by atoms with Crippen molar-refractivity contribution in [3.8, 4) is 16.3 Å². The maximum absolute atomic E-state index is 5.44. The molecule has 1 aromatic carbocycles. The number of nitrogens with one attached hydrogen (secondary N) is 1. The maximum Gasteiger partial charge on any atom is 0.129 e. The number of aryl methyl sites for hydroxylation is 1. The molecule has 0 unspecified atom stereocenters. The Morgan fingerprint density at radius 3 is 2.84 bits per heavy atom. The van der Waals surface area contributed by atoms with Gasteiger partial charge in [-0.2, -0.15) is 0 Å².